The molecule has 7 nitrogen and oxygen atoms in total. The van der Waals surface area contributed by atoms with E-state index in [2.05, 4.69) is 21.9 Å². The van der Waals surface area contributed by atoms with Crippen molar-refractivity contribution in [1.29, 1.82) is 0 Å². The first-order valence-electron chi connectivity index (χ1n) is 10.9. The average Bonchev–Trinajstić information content (AvgIpc) is 3.26. The van der Waals surface area contributed by atoms with Gasteiger partial charge in [0.15, 0.2) is 0 Å². The van der Waals surface area contributed by atoms with Crippen molar-refractivity contribution >= 4 is 5.91 Å². The molecule has 0 saturated carbocycles. The number of likely N-dealkylation sites (tertiary alicyclic amines) is 1. The predicted octanol–water partition coefficient (Wildman–Crippen LogP) is 1.47. The first kappa shape index (κ1) is 19.9. The second-order valence-corrected chi connectivity index (χ2v) is 8.99. The van der Waals surface area contributed by atoms with Gasteiger partial charge >= 0.3 is 0 Å². The number of likely N-dealkylation sites (N-methyl/N-ethyl adjacent to an activating group) is 1. The van der Waals surface area contributed by atoms with E-state index in [4.69, 9.17) is 4.74 Å². The lowest BCUT2D eigenvalue weighted by atomic mass is 9.86. The predicted molar refractivity (Wildman–Crippen MR) is 109 cm³/mol. The Morgan fingerprint density at radius 1 is 1.29 bits per heavy atom. The van der Waals surface area contributed by atoms with Crippen molar-refractivity contribution in [1.82, 2.24) is 24.5 Å². The van der Waals surface area contributed by atoms with Crippen LogP contribution in [0, 0.1) is 12.8 Å². The molecule has 3 aliphatic rings. The van der Waals surface area contributed by atoms with Crippen LogP contribution in [0.2, 0.25) is 0 Å². The molecule has 3 saturated heterocycles. The molecule has 1 aromatic rings. The fourth-order valence-electron chi connectivity index (χ4n) is 5.13. The summed E-state index contributed by atoms with van der Waals surface area (Å²) in [6.45, 7) is 12.8. The summed E-state index contributed by atoms with van der Waals surface area (Å²) < 4.78 is 8.21. The molecule has 0 unspecified atom stereocenters. The Bertz CT molecular complexity index is 697. The first-order chi connectivity index (χ1) is 13.5. The number of carbonyl (C=O) groups excluding carboxylic acids is 1. The number of hydrogen-bond acceptors (Lipinski definition) is 5. The molecule has 3 aliphatic heterocycles. The lowest BCUT2D eigenvalue weighted by Crippen LogP contribution is -2.50. The Kier molecular flexibility index (Phi) is 5.76. The summed E-state index contributed by atoms with van der Waals surface area (Å²) in [6.07, 6.45) is 3.17. The number of aromatic nitrogens is 2. The van der Waals surface area contributed by atoms with Crippen LogP contribution in [0.15, 0.2) is 6.07 Å². The van der Waals surface area contributed by atoms with Gasteiger partial charge in [-0.05, 0) is 52.1 Å². The highest BCUT2D eigenvalue weighted by Crippen LogP contribution is 2.38. The third-order valence-corrected chi connectivity index (χ3v) is 6.65. The molecule has 1 aromatic heterocycles. The molecular weight excluding hydrogens is 354 g/mol. The molecule has 0 aliphatic carbocycles. The van der Waals surface area contributed by atoms with E-state index in [0.29, 0.717) is 11.6 Å². The zero-order valence-electron chi connectivity index (χ0n) is 17.7. The lowest BCUT2D eigenvalue weighted by Gasteiger charge is -2.40. The van der Waals surface area contributed by atoms with Crippen LogP contribution in [0.3, 0.4) is 0 Å². The highest BCUT2D eigenvalue weighted by molar-refractivity contribution is 5.92. The van der Waals surface area contributed by atoms with Crippen molar-refractivity contribution in [2.75, 3.05) is 59.5 Å². The van der Waals surface area contributed by atoms with Crippen LogP contribution < -0.4 is 0 Å². The number of piperidine rings is 1. The molecule has 4 heterocycles. The molecule has 0 N–H and O–H groups in total. The standard InChI is InChI=1S/C21H35N5O2/c1-4-26-19(12-17(2)22-26)20(27)25-7-5-6-21(16-25)13-18(15-28-21)14-24-10-8-23(3)9-11-24/h12,18H,4-11,13-16H2,1-3H3/t18-,21-/m1/s1. The Morgan fingerprint density at radius 2 is 2.07 bits per heavy atom. The molecule has 7 heteroatoms. The van der Waals surface area contributed by atoms with Crippen LogP contribution in [0.5, 0.6) is 0 Å². The maximum Gasteiger partial charge on any atom is 0.272 e. The quantitative estimate of drug-likeness (QED) is 0.781. The molecule has 156 valence electrons. The van der Waals surface area contributed by atoms with Gasteiger partial charge in [-0.1, -0.05) is 0 Å². The van der Waals surface area contributed by atoms with Gasteiger partial charge in [-0.3, -0.25) is 9.48 Å². The molecule has 1 amide bonds. The molecule has 4 rings (SSSR count). The van der Waals surface area contributed by atoms with E-state index < -0.39 is 0 Å². The molecular formula is C21H35N5O2. The minimum Gasteiger partial charge on any atom is -0.373 e. The zero-order chi connectivity index (χ0) is 19.7. The summed E-state index contributed by atoms with van der Waals surface area (Å²) in [5, 5.41) is 4.45. The van der Waals surface area contributed by atoms with E-state index >= 15 is 0 Å². The normalized spacial score (nSPS) is 29.7. The van der Waals surface area contributed by atoms with Gasteiger partial charge in [-0.2, -0.15) is 5.10 Å². The lowest BCUT2D eigenvalue weighted by molar-refractivity contribution is -0.0453. The third kappa shape index (κ3) is 4.11. The number of aryl methyl sites for hydroxylation is 2. The summed E-state index contributed by atoms with van der Waals surface area (Å²) in [6, 6.07) is 1.92. The SMILES string of the molecule is CCn1nc(C)cc1C(=O)N1CCC[C@@]2(C[C@H](CN3CCN(C)CC3)CO2)C1. The van der Waals surface area contributed by atoms with E-state index in [1.807, 2.05) is 29.5 Å². The van der Waals surface area contributed by atoms with E-state index in [1.54, 1.807) is 0 Å². The molecule has 0 radical (unpaired) electrons. The number of amides is 1. The third-order valence-electron chi connectivity index (χ3n) is 6.65. The Hall–Kier alpha value is -1.44. The Balaban J connectivity index is 1.37. The van der Waals surface area contributed by atoms with E-state index in [9.17, 15) is 4.79 Å². The molecule has 28 heavy (non-hydrogen) atoms. The van der Waals surface area contributed by atoms with Crippen molar-refractivity contribution in [2.45, 2.75) is 45.3 Å². The maximum absolute atomic E-state index is 13.2. The summed E-state index contributed by atoms with van der Waals surface area (Å²) in [7, 11) is 2.20. The number of rotatable bonds is 4. The monoisotopic (exact) mass is 389 g/mol. The van der Waals surface area contributed by atoms with Crippen LogP contribution in [-0.2, 0) is 11.3 Å². The van der Waals surface area contributed by atoms with Crippen molar-refractivity contribution in [3.05, 3.63) is 17.5 Å². The van der Waals surface area contributed by atoms with E-state index in [1.165, 1.54) is 0 Å². The molecule has 2 atom stereocenters. The van der Waals surface area contributed by atoms with Gasteiger partial charge in [-0.25, -0.2) is 0 Å². The van der Waals surface area contributed by atoms with Gasteiger partial charge in [0.05, 0.1) is 24.4 Å². The van der Waals surface area contributed by atoms with Gasteiger partial charge in [0.25, 0.3) is 5.91 Å². The molecule has 0 bridgehead atoms. The topological polar surface area (TPSA) is 53.8 Å². The minimum absolute atomic E-state index is 0.104. The maximum atomic E-state index is 13.2. The van der Waals surface area contributed by atoms with Crippen molar-refractivity contribution < 1.29 is 9.53 Å². The Morgan fingerprint density at radius 3 is 2.82 bits per heavy atom. The van der Waals surface area contributed by atoms with E-state index in [0.717, 1.165) is 83.9 Å². The largest absolute Gasteiger partial charge is 0.373 e. The number of piperazine rings is 1. The minimum atomic E-state index is -0.142. The van der Waals surface area contributed by atoms with E-state index in [-0.39, 0.29) is 11.5 Å². The molecule has 1 spiro atoms. The number of nitrogens with zero attached hydrogens (tertiary/aromatic N) is 5. The second-order valence-electron chi connectivity index (χ2n) is 8.99. The summed E-state index contributed by atoms with van der Waals surface area (Å²) in [4.78, 5) is 20.1. The smallest absolute Gasteiger partial charge is 0.272 e. The highest BCUT2D eigenvalue weighted by Gasteiger charge is 2.45. The van der Waals surface area contributed by atoms with Crippen LogP contribution >= 0.6 is 0 Å². The van der Waals surface area contributed by atoms with Gasteiger partial charge in [0.2, 0.25) is 0 Å². The summed E-state index contributed by atoms with van der Waals surface area (Å²) >= 11 is 0. The fourth-order valence-corrected chi connectivity index (χ4v) is 5.13. The first-order valence-corrected chi connectivity index (χ1v) is 10.9. The summed E-state index contributed by atoms with van der Waals surface area (Å²) in [5.41, 5.74) is 1.47. The van der Waals surface area contributed by atoms with Gasteiger partial charge in [0, 0.05) is 45.8 Å². The van der Waals surface area contributed by atoms with Crippen molar-refractivity contribution in [3.8, 4) is 0 Å². The van der Waals surface area contributed by atoms with Crippen molar-refractivity contribution in [3.63, 3.8) is 0 Å². The van der Waals surface area contributed by atoms with Crippen LogP contribution in [0.4, 0.5) is 0 Å². The van der Waals surface area contributed by atoms with Crippen LogP contribution in [-0.4, -0.2) is 95.5 Å². The molecule has 0 aromatic carbocycles. The van der Waals surface area contributed by atoms with Crippen LogP contribution in [0.1, 0.15) is 42.4 Å². The summed E-state index contributed by atoms with van der Waals surface area (Å²) in [5.74, 6) is 0.689. The average molecular weight is 390 g/mol. The fraction of sp³-hybridized carbons (Fsp3) is 0.810. The van der Waals surface area contributed by atoms with Gasteiger partial charge in [-0.15, -0.1) is 0 Å². The second kappa shape index (κ2) is 8.13. The van der Waals surface area contributed by atoms with Gasteiger partial charge in [0.1, 0.15) is 5.69 Å². The number of hydrogen-bond donors (Lipinski definition) is 0. The van der Waals surface area contributed by atoms with Crippen LogP contribution in [0.25, 0.3) is 0 Å². The number of ether oxygens (including phenoxy) is 1. The highest BCUT2D eigenvalue weighted by atomic mass is 16.5. The van der Waals surface area contributed by atoms with Crippen molar-refractivity contribution in [2.24, 2.45) is 5.92 Å². The Labute approximate surface area is 168 Å². The zero-order valence-corrected chi connectivity index (χ0v) is 17.7. The number of carbonyl (C=O) groups is 1. The van der Waals surface area contributed by atoms with Gasteiger partial charge < -0.3 is 19.4 Å². The molecule has 3 fully saturated rings.